The first-order valence-electron chi connectivity index (χ1n) is 9.84. The fourth-order valence-corrected chi connectivity index (χ4v) is 4.20. The molecule has 1 saturated heterocycles. The highest BCUT2D eigenvalue weighted by molar-refractivity contribution is 5.70. The van der Waals surface area contributed by atoms with Gasteiger partial charge < -0.3 is 14.7 Å². The van der Waals surface area contributed by atoms with Crippen LogP contribution in [0.4, 0.5) is 4.79 Å². The maximum absolute atomic E-state index is 13.0. The number of hydrogen-bond acceptors (Lipinski definition) is 3. The van der Waals surface area contributed by atoms with Gasteiger partial charge in [-0.05, 0) is 51.7 Å². The normalized spacial score (nSPS) is 24.8. The number of allylic oxidation sites excluding steroid dienone is 3. The highest BCUT2D eigenvalue weighted by Crippen LogP contribution is 2.41. The second-order valence-corrected chi connectivity index (χ2v) is 8.59. The van der Waals surface area contributed by atoms with E-state index in [1.165, 1.54) is 11.1 Å². The lowest BCUT2D eigenvalue weighted by molar-refractivity contribution is -0.0991. The molecule has 2 atom stereocenters. The average molecular weight is 370 g/mol. The van der Waals surface area contributed by atoms with Crippen LogP contribution in [0, 0.1) is 0 Å². The minimum Gasteiger partial charge on any atom is -0.438 e. The number of amides is 1. The summed E-state index contributed by atoms with van der Waals surface area (Å²) in [6.07, 6.45) is 7.07. The van der Waals surface area contributed by atoms with Crippen molar-refractivity contribution in [2.24, 2.45) is 0 Å². The molecule has 146 valence electrons. The molecule has 0 radical (unpaired) electrons. The van der Waals surface area contributed by atoms with Crippen molar-refractivity contribution in [1.29, 1.82) is 0 Å². The summed E-state index contributed by atoms with van der Waals surface area (Å²) in [7, 11) is 0. The number of carbonyl (C=O) groups is 1. The van der Waals surface area contributed by atoms with Gasteiger partial charge >= 0.3 is 6.09 Å². The summed E-state index contributed by atoms with van der Waals surface area (Å²) in [5, 5.41) is 10.5. The minimum absolute atomic E-state index is 0.0257. The minimum atomic E-state index is -0.932. The fraction of sp³-hybridized carbons (Fsp3) is 0.522. The number of hydrogen-bond donors (Lipinski definition) is 1. The Morgan fingerprint density at radius 1 is 1.22 bits per heavy atom. The van der Waals surface area contributed by atoms with Gasteiger partial charge in [0, 0.05) is 19.4 Å². The first-order valence-corrected chi connectivity index (χ1v) is 9.84. The smallest absolute Gasteiger partial charge is 0.411 e. The molecular weight excluding hydrogens is 338 g/mol. The number of benzene rings is 1. The maximum atomic E-state index is 13.0. The van der Waals surface area contributed by atoms with Crippen molar-refractivity contribution in [3.05, 3.63) is 59.2 Å². The molecule has 4 nitrogen and oxygen atoms in total. The molecule has 1 aromatic carbocycles. The summed E-state index contributed by atoms with van der Waals surface area (Å²) in [5.41, 5.74) is 1.87. The summed E-state index contributed by atoms with van der Waals surface area (Å²) < 4.78 is 6.07. The van der Waals surface area contributed by atoms with E-state index in [2.05, 4.69) is 26.0 Å². The Labute approximate surface area is 162 Å². The zero-order valence-corrected chi connectivity index (χ0v) is 16.9. The molecule has 2 aliphatic rings. The Bertz CT molecular complexity index is 745. The average Bonchev–Trinajstić information content (AvgIpc) is 2.61. The van der Waals surface area contributed by atoms with E-state index in [1.807, 2.05) is 35.2 Å². The standard InChI is InChI=1S/C23H31NO3/c1-17-10-12-19(13-11-17)18(2)24-15-14-23(27-21(24)25,16-22(3,4)26)20-8-6-5-7-9-20/h5-10,12,18,26H,11,13-16H2,1-4H3. The van der Waals surface area contributed by atoms with Gasteiger partial charge in [0.25, 0.3) is 0 Å². The fourth-order valence-electron chi connectivity index (χ4n) is 4.20. The second kappa shape index (κ2) is 7.51. The van der Waals surface area contributed by atoms with Crippen LogP contribution in [0.5, 0.6) is 0 Å². The Kier molecular flexibility index (Phi) is 5.48. The van der Waals surface area contributed by atoms with Gasteiger partial charge in [-0.25, -0.2) is 4.79 Å². The van der Waals surface area contributed by atoms with Crippen molar-refractivity contribution >= 4 is 6.09 Å². The molecule has 1 amide bonds. The van der Waals surface area contributed by atoms with Gasteiger partial charge in [0.1, 0.15) is 5.60 Å². The molecule has 0 spiro atoms. The lowest BCUT2D eigenvalue weighted by Gasteiger charge is -2.46. The Hall–Kier alpha value is -2.07. The number of nitrogens with zero attached hydrogens (tertiary/aromatic N) is 1. The van der Waals surface area contributed by atoms with Gasteiger partial charge in [0.05, 0.1) is 11.6 Å². The first kappa shape index (κ1) is 19.7. The number of aliphatic hydroxyl groups is 1. The van der Waals surface area contributed by atoms with Crippen LogP contribution < -0.4 is 0 Å². The third-order valence-electron chi connectivity index (χ3n) is 5.69. The third kappa shape index (κ3) is 4.44. The van der Waals surface area contributed by atoms with E-state index >= 15 is 0 Å². The van der Waals surface area contributed by atoms with Crippen molar-refractivity contribution in [3.8, 4) is 0 Å². The SMILES string of the molecule is CC1=CC=C(C(C)N2CCC(CC(C)(C)O)(c3ccccc3)OC2=O)CC1. The van der Waals surface area contributed by atoms with Gasteiger partial charge in [0.15, 0.2) is 0 Å². The molecule has 3 rings (SSSR count). The van der Waals surface area contributed by atoms with Crippen LogP contribution in [0.2, 0.25) is 0 Å². The van der Waals surface area contributed by atoms with Crippen LogP contribution >= 0.6 is 0 Å². The summed E-state index contributed by atoms with van der Waals surface area (Å²) in [6.45, 7) is 8.36. The molecule has 1 heterocycles. The van der Waals surface area contributed by atoms with E-state index in [-0.39, 0.29) is 12.1 Å². The van der Waals surface area contributed by atoms with Crippen molar-refractivity contribution in [1.82, 2.24) is 4.90 Å². The summed E-state index contributed by atoms with van der Waals surface area (Å²) in [4.78, 5) is 14.8. The van der Waals surface area contributed by atoms with Crippen LogP contribution in [-0.2, 0) is 10.3 Å². The van der Waals surface area contributed by atoms with Gasteiger partial charge in [-0.1, -0.05) is 48.1 Å². The van der Waals surface area contributed by atoms with E-state index in [9.17, 15) is 9.90 Å². The van der Waals surface area contributed by atoms with Crippen LogP contribution in [0.1, 0.15) is 58.9 Å². The van der Waals surface area contributed by atoms with E-state index in [4.69, 9.17) is 4.74 Å². The van der Waals surface area contributed by atoms with E-state index in [0.29, 0.717) is 19.4 Å². The topological polar surface area (TPSA) is 49.8 Å². The molecule has 0 aromatic heterocycles. The van der Waals surface area contributed by atoms with E-state index in [0.717, 1.165) is 18.4 Å². The van der Waals surface area contributed by atoms with Crippen molar-refractivity contribution < 1.29 is 14.6 Å². The summed E-state index contributed by atoms with van der Waals surface area (Å²) in [6, 6.07) is 9.84. The molecule has 1 fully saturated rings. The number of ether oxygens (including phenoxy) is 1. The van der Waals surface area contributed by atoms with E-state index in [1.54, 1.807) is 13.8 Å². The van der Waals surface area contributed by atoms with Crippen molar-refractivity contribution in [3.63, 3.8) is 0 Å². The Morgan fingerprint density at radius 2 is 1.93 bits per heavy atom. The molecule has 2 unspecified atom stereocenters. The molecule has 0 bridgehead atoms. The molecule has 0 saturated carbocycles. The number of cyclic esters (lactones) is 1. The van der Waals surface area contributed by atoms with Crippen molar-refractivity contribution in [2.45, 2.75) is 70.6 Å². The zero-order valence-electron chi connectivity index (χ0n) is 16.9. The van der Waals surface area contributed by atoms with Crippen LogP contribution in [0.15, 0.2) is 53.6 Å². The molecule has 1 aliphatic carbocycles. The Balaban J connectivity index is 1.83. The largest absolute Gasteiger partial charge is 0.438 e. The van der Waals surface area contributed by atoms with Gasteiger partial charge in [0.2, 0.25) is 0 Å². The predicted octanol–water partition coefficient (Wildman–Crippen LogP) is 4.94. The molecular formula is C23H31NO3. The molecule has 27 heavy (non-hydrogen) atoms. The van der Waals surface area contributed by atoms with Gasteiger partial charge in [-0.15, -0.1) is 0 Å². The third-order valence-corrected chi connectivity index (χ3v) is 5.69. The van der Waals surface area contributed by atoms with E-state index < -0.39 is 11.2 Å². The maximum Gasteiger partial charge on any atom is 0.411 e. The van der Waals surface area contributed by atoms with Gasteiger partial charge in [-0.3, -0.25) is 0 Å². The highest BCUT2D eigenvalue weighted by atomic mass is 16.6. The number of rotatable bonds is 5. The highest BCUT2D eigenvalue weighted by Gasteiger charge is 2.46. The second-order valence-electron chi connectivity index (χ2n) is 8.59. The van der Waals surface area contributed by atoms with Crippen LogP contribution in [0.3, 0.4) is 0 Å². The van der Waals surface area contributed by atoms with Crippen LogP contribution in [-0.4, -0.2) is 34.3 Å². The predicted molar refractivity (Wildman–Crippen MR) is 107 cm³/mol. The molecule has 1 aromatic rings. The molecule has 4 heteroatoms. The summed E-state index contributed by atoms with van der Waals surface area (Å²) >= 11 is 0. The van der Waals surface area contributed by atoms with Crippen LogP contribution in [0.25, 0.3) is 0 Å². The quantitative estimate of drug-likeness (QED) is 0.800. The molecule has 1 aliphatic heterocycles. The summed E-state index contributed by atoms with van der Waals surface area (Å²) in [5.74, 6) is 0. The first-order chi connectivity index (χ1) is 12.7. The zero-order chi connectivity index (χ0) is 19.7. The van der Waals surface area contributed by atoms with Crippen molar-refractivity contribution in [2.75, 3.05) is 6.54 Å². The lowest BCUT2D eigenvalue weighted by atomic mass is 9.80. The Morgan fingerprint density at radius 3 is 2.48 bits per heavy atom. The number of carbonyl (C=O) groups excluding carboxylic acids is 1. The lowest BCUT2D eigenvalue weighted by Crippen LogP contribution is -2.53. The molecule has 1 N–H and O–H groups in total. The van der Waals surface area contributed by atoms with Gasteiger partial charge in [-0.2, -0.15) is 0 Å². The monoisotopic (exact) mass is 369 g/mol.